The summed E-state index contributed by atoms with van der Waals surface area (Å²) in [7, 11) is 1.94. The molecule has 0 fully saturated rings. The van der Waals surface area contributed by atoms with Gasteiger partial charge in [0.15, 0.2) is 0 Å². The summed E-state index contributed by atoms with van der Waals surface area (Å²) in [5.41, 5.74) is 4.36. The van der Waals surface area contributed by atoms with E-state index in [0.717, 1.165) is 29.2 Å². The molecule has 2 heterocycles. The zero-order valence-corrected chi connectivity index (χ0v) is 10.7. The van der Waals surface area contributed by atoms with Gasteiger partial charge in [0.1, 0.15) is 0 Å². The molecule has 0 atom stereocenters. The fourth-order valence-corrected chi connectivity index (χ4v) is 1.98. The molecule has 0 saturated carbocycles. The summed E-state index contributed by atoms with van der Waals surface area (Å²) in [4.78, 5) is 0. The highest BCUT2D eigenvalue weighted by molar-refractivity contribution is 5.64. The third kappa shape index (κ3) is 2.49. The lowest BCUT2D eigenvalue weighted by atomic mass is 10.1. The molecule has 1 aromatic carbocycles. The first-order valence-electron chi connectivity index (χ1n) is 6.13. The number of hydrogen-bond donors (Lipinski definition) is 2. The number of nitrogens with one attached hydrogen (secondary N) is 2. The van der Waals surface area contributed by atoms with Crippen LogP contribution in [-0.4, -0.2) is 20.0 Å². The Morgan fingerprint density at radius 1 is 1.21 bits per heavy atom. The van der Waals surface area contributed by atoms with Gasteiger partial charge in [-0.2, -0.15) is 10.2 Å². The monoisotopic (exact) mass is 253 g/mol. The lowest BCUT2D eigenvalue weighted by Crippen LogP contribution is -2.05. The van der Waals surface area contributed by atoms with Crippen molar-refractivity contribution < 1.29 is 0 Å². The Hall–Kier alpha value is -2.56. The molecule has 3 rings (SSSR count). The van der Waals surface area contributed by atoms with Gasteiger partial charge in [0.25, 0.3) is 0 Å². The average molecular weight is 253 g/mol. The maximum absolute atomic E-state index is 4.15. The number of hydrogen-bond acceptors (Lipinski definition) is 3. The highest BCUT2D eigenvalue weighted by Crippen LogP contribution is 2.20. The van der Waals surface area contributed by atoms with Gasteiger partial charge in [0.05, 0.1) is 17.9 Å². The van der Waals surface area contributed by atoms with Crippen molar-refractivity contribution >= 4 is 5.69 Å². The van der Waals surface area contributed by atoms with E-state index in [1.807, 2.05) is 29.9 Å². The van der Waals surface area contributed by atoms with Gasteiger partial charge >= 0.3 is 0 Å². The molecule has 0 radical (unpaired) electrons. The Kier molecular flexibility index (Phi) is 3.02. The Labute approximate surface area is 111 Å². The first-order valence-corrected chi connectivity index (χ1v) is 6.13. The number of nitrogens with zero attached hydrogens (tertiary/aromatic N) is 3. The van der Waals surface area contributed by atoms with Crippen LogP contribution in [0.1, 0.15) is 5.69 Å². The van der Waals surface area contributed by atoms with Crippen LogP contribution in [-0.2, 0) is 13.6 Å². The van der Waals surface area contributed by atoms with Crippen molar-refractivity contribution in [3.8, 4) is 11.3 Å². The van der Waals surface area contributed by atoms with E-state index in [1.54, 1.807) is 12.4 Å². The summed E-state index contributed by atoms with van der Waals surface area (Å²) in [5.74, 6) is 0. The molecule has 2 N–H and O–H groups in total. The molecule has 5 nitrogen and oxygen atoms in total. The molecule has 96 valence electrons. The van der Waals surface area contributed by atoms with Gasteiger partial charge in [-0.05, 0) is 24.3 Å². The molecule has 19 heavy (non-hydrogen) atoms. The van der Waals surface area contributed by atoms with E-state index < -0.39 is 0 Å². The Morgan fingerprint density at radius 3 is 2.89 bits per heavy atom. The Morgan fingerprint density at radius 2 is 2.16 bits per heavy atom. The topological polar surface area (TPSA) is 58.5 Å². The highest BCUT2D eigenvalue weighted by Gasteiger charge is 2.01. The highest BCUT2D eigenvalue weighted by atomic mass is 15.3. The fraction of sp³-hybridized carbons (Fsp3) is 0.143. The predicted molar refractivity (Wildman–Crippen MR) is 74.6 cm³/mol. The number of benzene rings is 1. The first-order chi connectivity index (χ1) is 9.33. The lowest BCUT2D eigenvalue weighted by Gasteiger charge is -2.08. The van der Waals surface area contributed by atoms with Crippen molar-refractivity contribution in [3.05, 3.63) is 54.5 Å². The van der Waals surface area contributed by atoms with Gasteiger partial charge < -0.3 is 5.32 Å². The molecule has 2 aromatic heterocycles. The van der Waals surface area contributed by atoms with Gasteiger partial charge in [-0.1, -0.05) is 12.1 Å². The van der Waals surface area contributed by atoms with Gasteiger partial charge in [0.2, 0.25) is 0 Å². The zero-order chi connectivity index (χ0) is 13.1. The molecule has 0 aliphatic carbocycles. The largest absolute Gasteiger partial charge is 0.379 e. The SMILES string of the molecule is Cn1nccc1CNc1cccc(-c2ccn[nH]2)c1. The Balaban J connectivity index is 1.75. The molecular weight excluding hydrogens is 238 g/mol. The molecule has 0 unspecified atom stereocenters. The summed E-state index contributed by atoms with van der Waals surface area (Å²) in [6.45, 7) is 0.753. The molecule has 0 amide bonds. The third-order valence-corrected chi connectivity index (χ3v) is 3.07. The lowest BCUT2D eigenvalue weighted by molar-refractivity contribution is 0.720. The maximum atomic E-state index is 4.15. The van der Waals surface area contributed by atoms with E-state index >= 15 is 0 Å². The van der Waals surface area contributed by atoms with Crippen LogP contribution in [0.5, 0.6) is 0 Å². The smallest absolute Gasteiger partial charge is 0.0650 e. The van der Waals surface area contributed by atoms with E-state index in [1.165, 1.54) is 0 Å². The van der Waals surface area contributed by atoms with E-state index in [9.17, 15) is 0 Å². The quantitative estimate of drug-likeness (QED) is 0.750. The second-order valence-electron chi connectivity index (χ2n) is 4.35. The van der Waals surface area contributed by atoms with E-state index in [4.69, 9.17) is 0 Å². The van der Waals surface area contributed by atoms with Gasteiger partial charge in [-0.15, -0.1) is 0 Å². The maximum Gasteiger partial charge on any atom is 0.0650 e. The zero-order valence-electron chi connectivity index (χ0n) is 10.7. The summed E-state index contributed by atoms with van der Waals surface area (Å²) < 4.78 is 1.87. The van der Waals surface area contributed by atoms with Crippen LogP contribution in [0, 0.1) is 0 Å². The van der Waals surface area contributed by atoms with Crippen LogP contribution < -0.4 is 5.32 Å². The second kappa shape index (κ2) is 4.97. The van der Waals surface area contributed by atoms with E-state index in [2.05, 4.69) is 38.8 Å². The van der Waals surface area contributed by atoms with Crippen LogP contribution in [0.4, 0.5) is 5.69 Å². The summed E-state index contributed by atoms with van der Waals surface area (Å²) in [5, 5.41) is 14.5. The molecule has 3 aromatic rings. The summed E-state index contributed by atoms with van der Waals surface area (Å²) >= 11 is 0. The van der Waals surface area contributed by atoms with Crippen LogP contribution in [0.2, 0.25) is 0 Å². The minimum absolute atomic E-state index is 0.753. The number of aromatic amines is 1. The van der Waals surface area contributed by atoms with Crippen molar-refractivity contribution in [1.29, 1.82) is 0 Å². The molecule has 5 heteroatoms. The van der Waals surface area contributed by atoms with Crippen LogP contribution in [0.25, 0.3) is 11.3 Å². The number of aromatic nitrogens is 4. The normalized spacial score (nSPS) is 10.6. The first kappa shape index (κ1) is 11.5. The summed E-state index contributed by atoms with van der Waals surface area (Å²) in [6.07, 6.45) is 3.56. The number of aryl methyl sites for hydroxylation is 1. The standard InChI is InChI=1S/C14H15N5/c1-19-13(5-8-17-19)10-15-12-4-2-3-11(9-12)14-6-7-16-18-14/h2-9,15H,10H2,1H3,(H,16,18). The van der Waals surface area contributed by atoms with Crippen molar-refractivity contribution in [2.75, 3.05) is 5.32 Å². The molecule has 0 spiro atoms. The van der Waals surface area contributed by atoms with E-state index in [-0.39, 0.29) is 0 Å². The Bertz CT molecular complexity index is 654. The van der Waals surface area contributed by atoms with Crippen LogP contribution in [0.15, 0.2) is 48.8 Å². The van der Waals surface area contributed by atoms with Crippen molar-refractivity contribution in [2.24, 2.45) is 7.05 Å². The van der Waals surface area contributed by atoms with E-state index in [0.29, 0.717) is 0 Å². The van der Waals surface area contributed by atoms with Crippen LogP contribution >= 0.6 is 0 Å². The fourth-order valence-electron chi connectivity index (χ4n) is 1.98. The van der Waals surface area contributed by atoms with Crippen molar-refractivity contribution in [2.45, 2.75) is 6.54 Å². The van der Waals surface area contributed by atoms with Crippen molar-refractivity contribution in [1.82, 2.24) is 20.0 Å². The van der Waals surface area contributed by atoms with Gasteiger partial charge in [-0.25, -0.2) is 0 Å². The molecule has 0 aliphatic heterocycles. The molecule has 0 aliphatic rings. The molecule has 0 bridgehead atoms. The average Bonchev–Trinajstić information content (AvgIpc) is 3.08. The predicted octanol–water partition coefficient (Wildman–Crippen LogP) is 2.42. The second-order valence-corrected chi connectivity index (χ2v) is 4.35. The van der Waals surface area contributed by atoms with Crippen molar-refractivity contribution in [3.63, 3.8) is 0 Å². The molecule has 0 saturated heterocycles. The number of H-pyrrole nitrogens is 1. The number of anilines is 1. The molecular formula is C14H15N5. The minimum Gasteiger partial charge on any atom is -0.379 e. The van der Waals surface area contributed by atoms with Gasteiger partial charge in [0, 0.05) is 30.7 Å². The summed E-state index contributed by atoms with van der Waals surface area (Å²) in [6, 6.07) is 12.2. The van der Waals surface area contributed by atoms with Crippen LogP contribution in [0.3, 0.4) is 0 Å². The third-order valence-electron chi connectivity index (χ3n) is 3.07. The number of rotatable bonds is 4. The van der Waals surface area contributed by atoms with Gasteiger partial charge in [-0.3, -0.25) is 9.78 Å². The minimum atomic E-state index is 0.753.